The van der Waals surface area contributed by atoms with Crippen LogP contribution in [0.25, 0.3) is 10.3 Å². The molecule has 0 saturated carbocycles. The molecular weight excluding hydrogens is 362 g/mol. The number of aliphatic hydroxyl groups excluding tert-OH is 3. The molecular formula is C16H17N3O4S2. The number of rotatable bonds is 5. The Morgan fingerprint density at radius 2 is 2.00 bits per heavy atom. The van der Waals surface area contributed by atoms with Gasteiger partial charge in [0.05, 0.1) is 12.8 Å². The van der Waals surface area contributed by atoms with Gasteiger partial charge in [-0.2, -0.15) is 4.37 Å². The molecule has 3 heterocycles. The van der Waals surface area contributed by atoms with Gasteiger partial charge in [0.15, 0.2) is 16.2 Å². The second-order valence-electron chi connectivity index (χ2n) is 5.78. The number of thioether (sulfide) groups is 1. The van der Waals surface area contributed by atoms with E-state index < -0.39 is 24.5 Å². The average Bonchev–Trinajstić information content (AvgIpc) is 3.29. The molecule has 3 N–H and O–H groups in total. The summed E-state index contributed by atoms with van der Waals surface area (Å²) in [5.41, 5.74) is 1.90. The molecule has 3 aromatic rings. The maximum Gasteiger partial charge on any atom is 0.172 e. The van der Waals surface area contributed by atoms with Crippen LogP contribution in [0.1, 0.15) is 11.8 Å². The highest BCUT2D eigenvalue weighted by atomic mass is 32.2. The van der Waals surface area contributed by atoms with Crippen molar-refractivity contribution in [2.45, 2.75) is 35.4 Å². The summed E-state index contributed by atoms with van der Waals surface area (Å²) in [6, 6.07) is 10.0. The lowest BCUT2D eigenvalue weighted by molar-refractivity contribution is -0.0546. The number of fused-ring (bicyclic) bond motifs is 1. The highest BCUT2D eigenvalue weighted by molar-refractivity contribution is 7.98. The van der Waals surface area contributed by atoms with Crippen molar-refractivity contribution >= 4 is 33.6 Å². The maximum absolute atomic E-state index is 10.4. The topological polar surface area (TPSA) is 101 Å². The third kappa shape index (κ3) is 3.07. The number of nitrogens with zero attached hydrogens (tertiary/aromatic N) is 3. The third-order valence-corrected chi connectivity index (χ3v) is 5.89. The van der Waals surface area contributed by atoms with Crippen molar-refractivity contribution in [3.8, 4) is 0 Å². The molecule has 2 aromatic heterocycles. The largest absolute Gasteiger partial charge is 0.394 e. The minimum atomic E-state index is -1.15. The summed E-state index contributed by atoms with van der Waals surface area (Å²) in [6.45, 7) is -0.360. The summed E-state index contributed by atoms with van der Waals surface area (Å²) in [7, 11) is 0. The van der Waals surface area contributed by atoms with Crippen LogP contribution in [-0.2, 0) is 10.5 Å². The zero-order valence-corrected chi connectivity index (χ0v) is 14.7. The monoisotopic (exact) mass is 379 g/mol. The maximum atomic E-state index is 10.4. The van der Waals surface area contributed by atoms with E-state index in [0.29, 0.717) is 10.9 Å². The van der Waals surface area contributed by atoms with E-state index in [2.05, 4.69) is 9.36 Å². The van der Waals surface area contributed by atoms with Crippen LogP contribution in [0, 0.1) is 0 Å². The first-order valence-corrected chi connectivity index (χ1v) is 9.56. The molecule has 132 valence electrons. The first-order valence-electron chi connectivity index (χ1n) is 7.81. The SMILES string of the molecule is OC[C@H]1OC(n2c(SCc3ccccc3)nc3sncc32)[C@@H](O)[C@@H]1O. The molecule has 9 heteroatoms. The first kappa shape index (κ1) is 17.0. The molecule has 0 spiro atoms. The number of aromatic nitrogens is 3. The standard InChI is InChI=1S/C16H17N3O4S2/c20-7-11-12(21)13(22)15(23-11)19-10-6-17-25-14(10)18-16(19)24-8-9-4-2-1-3-5-9/h1-6,11-13,15,20-22H,7-8H2/t11-,12-,13+,15?/m1/s1. The van der Waals surface area contributed by atoms with Crippen molar-refractivity contribution in [3.63, 3.8) is 0 Å². The minimum Gasteiger partial charge on any atom is -0.394 e. The van der Waals surface area contributed by atoms with E-state index in [-0.39, 0.29) is 6.61 Å². The van der Waals surface area contributed by atoms with Crippen LogP contribution in [-0.4, -0.2) is 54.2 Å². The number of hydrogen-bond acceptors (Lipinski definition) is 8. The molecule has 1 fully saturated rings. The lowest BCUT2D eigenvalue weighted by Crippen LogP contribution is -2.33. The summed E-state index contributed by atoms with van der Waals surface area (Å²) in [5, 5.41) is 30.4. The molecule has 1 unspecified atom stereocenters. The van der Waals surface area contributed by atoms with Crippen LogP contribution >= 0.6 is 23.3 Å². The summed E-state index contributed by atoms with van der Waals surface area (Å²) in [5.74, 6) is 0.716. The Morgan fingerprint density at radius 1 is 1.20 bits per heavy atom. The predicted molar refractivity (Wildman–Crippen MR) is 94.4 cm³/mol. The van der Waals surface area contributed by atoms with Gasteiger partial charge in [-0.05, 0) is 17.1 Å². The second kappa shape index (κ2) is 7.02. The Morgan fingerprint density at radius 3 is 2.72 bits per heavy atom. The summed E-state index contributed by atoms with van der Waals surface area (Å²) < 4.78 is 11.6. The molecule has 1 aliphatic rings. The average molecular weight is 379 g/mol. The summed E-state index contributed by atoms with van der Waals surface area (Å²) >= 11 is 2.79. The van der Waals surface area contributed by atoms with Crippen molar-refractivity contribution in [2.75, 3.05) is 6.61 Å². The lowest BCUT2D eigenvalue weighted by atomic mass is 10.1. The van der Waals surface area contributed by atoms with E-state index in [9.17, 15) is 15.3 Å². The molecule has 1 saturated heterocycles. The fraction of sp³-hybridized carbons (Fsp3) is 0.375. The molecule has 4 atom stereocenters. The lowest BCUT2D eigenvalue weighted by Gasteiger charge is -2.19. The van der Waals surface area contributed by atoms with Crippen LogP contribution < -0.4 is 0 Å². The van der Waals surface area contributed by atoms with E-state index in [0.717, 1.165) is 15.9 Å². The molecule has 7 nitrogen and oxygen atoms in total. The number of ether oxygens (including phenoxy) is 1. The minimum absolute atomic E-state index is 0.360. The second-order valence-corrected chi connectivity index (χ2v) is 7.51. The van der Waals surface area contributed by atoms with Gasteiger partial charge in [0.25, 0.3) is 0 Å². The Hall–Kier alpha value is -1.49. The van der Waals surface area contributed by atoms with Gasteiger partial charge >= 0.3 is 0 Å². The van der Waals surface area contributed by atoms with Gasteiger partial charge < -0.3 is 20.1 Å². The molecule has 1 aliphatic heterocycles. The van der Waals surface area contributed by atoms with Gasteiger partial charge in [0, 0.05) is 5.75 Å². The summed E-state index contributed by atoms with van der Waals surface area (Å²) in [6.07, 6.45) is -2.26. The van der Waals surface area contributed by atoms with Crippen molar-refractivity contribution in [2.24, 2.45) is 0 Å². The Balaban J connectivity index is 1.66. The highest BCUT2D eigenvalue weighted by Crippen LogP contribution is 2.37. The Bertz CT molecular complexity index is 854. The number of imidazole rings is 1. The Labute approximate surface area is 152 Å². The van der Waals surface area contributed by atoms with Crippen LogP contribution in [0.3, 0.4) is 0 Å². The molecule has 1 aromatic carbocycles. The fourth-order valence-electron chi connectivity index (χ4n) is 2.88. The third-order valence-electron chi connectivity index (χ3n) is 4.18. The van der Waals surface area contributed by atoms with E-state index in [1.807, 2.05) is 30.3 Å². The molecule has 0 amide bonds. The predicted octanol–water partition coefficient (Wildman–Crippen LogP) is 1.40. The number of hydrogen-bond donors (Lipinski definition) is 3. The highest BCUT2D eigenvalue weighted by Gasteiger charge is 2.44. The van der Waals surface area contributed by atoms with Crippen LogP contribution in [0.15, 0.2) is 41.7 Å². The van der Waals surface area contributed by atoms with Crippen LogP contribution in [0.2, 0.25) is 0 Å². The Kier molecular flexibility index (Phi) is 4.76. The van der Waals surface area contributed by atoms with Crippen LogP contribution in [0.4, 0.5) is 0 Å². The van der Waals surface area contributed by atoms with Gasteiger partial charge in [0.1, 0.15) is 23.8 Å². The number of benzene rings is 1. The smallest absolute Gasteiger partial charge is 0.172 e. The molecule has 0 aliphatic carbocycles. The number of aliphatic hydroxyl groups is 3. The normalized spacial score (nSPS) is 26.5. The summed E-state index contributed by atoms with van der Waals surface area (Å²) in [4.78, 5) is 5.33. The molecule has 0 bridgehead atoms. The van der Waals surface area contributed by atoms with Crippen LogP contribution in [0.5, 0.6) is 0 Å². The quantitative estimate of drug-likeness (QED) is 0.576. The van der Waals surface area contributed by atoms with Gasteiger partial charge in [-0.1, -0.05) is 42.1 Å². The van der Waals surface area contributed by atoms with Crippen molar-refractivity contribution in [3.05, 3.63) is 42.1 Å². The van der Waals surface area contributed by atoms with E-state index in [1.54, 1.807) is 10.8 Å². The van der Waals surface area contributed by atoms with E-state index >= 15 is 0 Å². The van der Waals surface area contributed by atoms with E-state index in [1.165, 1.54) is 23.3 Å². The fourth-order valence-corrected chi connectivity index (χ4v) is 4.55. The van der Waals surface area contributed by atoms with Gasteiger partial charge in [-0.3, -0.25) is 4.57 Å². The van der Waals surface area contributed by atoms with Gasteiger partial charge in [0.2, 0.25) is 0 Å². The van der Waals surface area contributed by atoms with Crippen molar-refractivity contribution in [1.29, 1.82) is 0 Å². The van der Waals surface area contributed by atoms with Gasteiger partial charge in [-0.15, -0.1) is 0 Å². The molecule has 4 rings (SSSR count). The van der Waals surface area contributed by atoms with Crippen molar-refractivity contribution in [1.82, 2.24) is 13.9 Å². The first-order chi connectivity index (χ1) is 12.2. The van der Waals surface area contributed by atoms with Gasteiger partial charge in [-0.25, -0.2) is 4.98 Å². The molecule has 25 heavy (non-hydrogen) atoms. The van der Waals surface area contributed by atoms with Crippen molar-refractivity contribution < 1.29 is 20.1 Å². The zero-order valence-electron chi connectivity index (χ0n) is 13.1. The zero-order chi connectivity index (χ0) is 17.4. The molecule has 0 radical (unpaired) electrons. The van der Waals surface area contributed by atoms with E-state index in [4.69, 9.17) is 4.74 Å².